The number of hydrogen-bond donors (Lipinski definition) is 2. The van der Waals surface area contributed by atoms with E-state index in [2.05, 4.69) is 0 Å². The molecule has 0 spiro atoms. The molecule has 0 aromatic heterocycles. The molecule has 19 heavy (non-hydrogen) atoms. The Kier molecular flexibility index (Phi) is 5.55. The lowest BCUT2D eigenvalue weighted by molar-refractivity contribution is -0.137. The van der Waals surface area contributed by atoms with Crippen molar-refractivity contribution in [1.29, 1.82) is 0 Å². The molecule has 0 bridgehead atoms. The number of carboxylic acid groups (broad SMARTS) is 1. The predicted octanol–water partition coefficient (Wildman–Crippen LogP) is 3.25. The predicted molar refractivity (Wildman–Crippen MR) is 78.3 cm³/mol. The minimum absolute atomic E-state index is 0. The number of halogens is 1. The van der Waals surface area contributed by atoms with Crippen LogP contribution >= 0.6 is 12.4 Å². The fourth-order valence-corrected chi connectivity index (χ4v) is 1.86. The van der Waals surface area contributed by atoms with Crippen LogP contribution < -0.4 is 5.73 Å². The first kappa shape index (κ1) is 15.2. The maximum absolute atomic E-state index is 10.6. The molecule has 4 heteroatoms. The summed E-state index contributed by atoms with van der Waals surface area (Å²) in [6.07, 6.45) is -0.0509. The molecular weight excluding hydrogens is 262 g/mol. The van der Waals surface area contributed by atoms with Gasteiger partial charge in [0.2, 0.25) is 0 Å². The average Bonchev–Trinajstić information content (AvgIpc) is 2.39. The fraction of sp³-hybridized carbons (Fsp3) is 0.133. The Morgan fingerprint density at radius 2 is 1.53 bits per heavy atom. The van der Waals surface area contributed by atoms with Crippen molar-refractivity contribution in [3.8, 4) is 11.1 Å². The van der Waals surface area contributed by atoms with Crippen molar-refractivity contribution in [2.45, 2.75) is 12.5 Å². The lowest BCUT2D eigenvalue weighted by atomic mass is 10.00. The van der Waals surface area contributed by atoms with Crippen molar-refractivity contribution >= 4 is 18.4 Å². The first-order chi connectivity index (χ1) is 8.66. The fourth-order valence-electron chi connectivity index (χ4n) is 1.86. The first-order valence-corrected chi connectivity index (χ1v) is 5.79. The molecule has 3 nitrogen and oxygen atoms in total. The molecule has 0 aliphatic carbocycles. The van der Waals surface area contributed by atoms with Gasteiger partial charge in [-0.3, -0.25) is 4.79 Å². The number of carboxylic acids is 1. The van der Waals surface area contributed by atoms with E-state index in [0.717, 1.165) is 16.7 Å². The summed E-state index contributed by atoms with van der Waals surface area (Å²) in [6, 6.07) is 17.3. The summed E-state index contributed by atoms with van der Waals surface area (Å²) in [5, 5.41) is 8.70. The smallest absolute Gasteiger partial charge is 0.305 e. The summed E-state index contributed by atoms with van der Waals surface area (Å²) in [7, 11) is 0. The topological polar surface area (TPSA) is 63.3 Å². The number of aliphatic carboxylic acids is 1. The molecule has 1 unspecified atom stereocenters. The molecule has 0 aliphatic rings. The first-order valence-electron chi connectivity index (χ1n) is 5.79. The summed E-state index contributed by atoms with van der Waals surface area (Å²) in [4.78, 5) is 10.6. The van der Waals surface area contributed by atoms with Crippen LogP contribution in [-0.4, -0.2) is 11.1 Å². The zero-order valence-electron chi connectivity index (χ0n) is 10.3. The lowest BCUT2D eigenvalue weighted by Gasteiger charge is -2.10. The van der Waals surface area contributed by atoms with Gasteiger partial charge in [-0.25, -0.2) is 0 Å². The quantitative estimate of drug-likeness (QED) is 0.902. The van der Waals surface area contributed by atoms with E-state index in [1.165, 1.54) is 0 Å². The molecule has 2 aromatic carbocycles. The molecule has 2 rings (SSSR count). The van der Waals surface area contributed by atoms with Crippen molar-refractivity contribution in [2.75, 3.05) is 0 Å². The van der Waals surface area contributed by atoms with Crippen LogP contribution in [0.15, 0.2) is 54.6 Å². The van der Waals surface area contributed by atoms with E-state index in [4.69, 9.17) is 10.8 Å². The van der Waals surface area contributed by atoms with Gasteiger partial charge in [-0.2, -0.15) is 0 Å². The maximum Gasteiger partial charge on any atom is 0.305 e. The largest absolute Gasteiger partial charge is 0.481 e. The van der Waals surface area contributed by atoms with Crippen LogP contribution in [0, 0.1) is 0 Å². The Morgan fingerprint density at radius 1 is 1.00 bits per heavy atom. The van der Waals surface area contributed by atoms with Gasteiger partial charge in [-0.15, -0.1) is 12.4 Å². The van der Waals surface area contributed by atoms with Crippen molar-refractivity contribution in [1.82, 2.24) is 0 Å². The third-order valence-electron chi connectivity index (χ3n) is 2.84. The van der Waals surface area contributed by atoms with Gasteiger partial charge in [0.1, 0.15) is 0 Å². The van der Waals surface area contributed by atoms with E-state index in [9.17, 15) is 4.79 Å². The average molecular weight is 278 g/mol. The van der Waals surface area contributed by atoms with Crippen LogP contribution in [0.4, 0.5) is 0 Å². The molecule has 0 amide bonds. The lowest BCUT2D eigenvalue weighted by Crippen LogP contribution is -2.14. The monoisotopic (exact) mass is 277 g/mol. The molecule has 0 radical (unpaired) electrons. The Labute approximate surface area is 118 Å². The number of hydrogen-bond acceptors (Lipinski definition) is 2. The highest BCUT2D eigenvalue weighted by atomic mass is 35.5. The molecule has 1 atom stereocenters. The summed E-state index contributed by atoms with van der Waals surface area (Å²) < 4.78 is 0. The third-order valence-corrected chi connectivity index (χ3v) is 2.84. The van der Waals surface area contributed by atoms with Crippen LogP contribution in [0.3, 0.4) is 0 Å². The van der Waals surface area contributed by atoms with Gasteiger partial charge >= 0.3 is 5.97 Å². The molecule has 0 aliphatic heterocycles. The number of rotatable bonds is 4. The van der Waals surface area contributed by atoms with E-state index in [1.54, 1.807) is 0 Å². The van der Waals surface area contributed by atoms with E-state index in [1.807, 2.05) is 54.6 Å². The summed E-state index contributed by atoms with van der Waals surface area (Å²) in [5.41, 5.74) is 8.88. The van der Waals surface area contributed by atoms with Gasteiger partial charge in [-0.05, 0) is 16.7 Å². The number of carbonyl (C=O) groups is 1. The second-order valence-corrected chi connectivity index (χ2v) is 4.19. The third kappa shape index (κ3) is 4.09. The molecule has 2 aromatic rings. The molecule has 0 heterocycles. The summed E-state index contributed by atoms with van der Waals surface area (Å²) in [5.74, 6) is -0.880. The Morgan fingerprint density at radius 3 is 2.05 bits per heavy atom. The van der Waals surface area contributed by atoms with E-state index in [0.29, 0.717) is 0 Å². The normalized spacial score (nSPS) is 11.4. The van der Waals surface area contributed by atoms with Gasteiger partial charge in [0, 0.05) is 6.04 Å². The molecule has 3 N–H and O–H groups in total. The van der Waals surface area contributed by atoms with Crippen LogP contribution in [0.2, 0.25) is 0 Å². The number of nitrogens with two attached hydrogens (primary N) is 1. The molecule has 0 saturated heterocycles. The highest BCUT2D eigenvalue weighted by molar-refractivity contribution is 5.85. The van der Waals surface area contributed by atoms with E-state index >= 15 is 0 Å². The molecule has 0 saturated carbocycles. The second-order valence-electron chi connectivity index (χ2n) is 4.19. The van der Waals surface area contributed by atoms with Crippen LogP contribution in [-0.2, 0) is 4.79 Å². The Hall–Kier alpha value is -1.84. The van der Waals surface area contributed by atoms with Gasteiger partial charge in [0.15, 0.2) is 0 Å². The van der Waals surface area contributed by atoms with E-state index < -0.39 is 12.0 Å². The minimum atomic E-state index is -0.880. The van der Waals surface area contributed by atoms with E-state index in [-0.39, 0.29) is 18.8 Å². The second kappa shape index (κ2) is 6.92. The molecule has 100 valence electrons. The van der Waals surface area contributed by atoms with Crippen molar-refractivity contribution in [3.63, 3.8) is 0 Å². The van der Waals surface area contributed by atoms with Crippen molar-refractivity contribution in [3.05, 3.63) is 60.2 Å². The summed E-state index contributed by atoms with van der Waals surface area (Å²) in [6.45, 7) is 0. The summed E-state index contributed by atoms with van der Waals surface area (Å²) >= 11 is 0. The standard InChI is InChI=1S/C15H15NO2.ClH/c16-14(10-15(17)18)13-8-6-12(7-9-13)11-4-2-1-3-5-11;/h1-9,14H,10,16H2,(H,17,18);1H. The number of benzene rings is 2. The SMILES string of the molecule is Cl.NC(CC(=O)O)c1ccc(-c2ccccc2)cc1. The zero-order chi connectivity index (χ0) is 13.0. The van der Waals surface area contributed by atoms with Gasteiger partial charge in [0.25, 0.3) is 0 Å². The van der Waals surface area contributed by atoms with Crippen LogP contribution in [0.1, 0.15) is 18.0 Å². The van der Waals surface area contributed by atoms with Crippen LogP contribution in [0.25, 0.3) is 11.1 Å². The highest BCUT2D eigenvalue weighted by Crippen LogP contribution is 2.22. The van der Waals surface area contributed by atoms with Crippen LogP contribution in [0.5, 0.6) is 0 Å². The van der Waals surface area contributed by atoms with Crippen molar-refractivity contribution in [2.24, 2.45) is 5.73 Å². The Bertz CT molecular complexity index is 526. The van der Waals surface area contributed by atoms with Gasteiger partial charge < -0.3 is 10.8 Å². The van der Waals surface area contributed by atoms with Crippen molar-refractivity contribution < 1.29 is 9.90 Å². The molecular formula is C15H16ClNO2. The molecule has 0 fully saturated rings. The zero-order valence-corrected chi connectivity index (χ0v) is 11.1. The Balaban J connectivity index is 0.00000180. The highest BCUT2D eigenvalue weighted by Gasteiger charge is 2.10. The van der Waals surface area contributed by atoms with Gasteiger partial charge in [-0.1, -0.05) is 54.6 Å². The van der Waals surface area contributed by atoms with Gasteiger partial charge in [0.05, 0.1) is 6.42 Å². The maximum atomic E-state index is 10.6. The minimum Gasteiger partial charge on any atom is -0.481 e.